The van der Waals surface area contributed by atoms with Gasteiger partial charge in [0.25, 0.3) is 11.6 Å². The molecule has 0 radical (unpaired) electrons. The van der Waals surface area contributed by atoms with Crippen molar-refractivity contribution < 1.29 is 18.9 Å². The Morgan fingerprint density at radius 1 is 1.16 bits per heavy atom. The number of nitro groups is 1. The number of nitro benzene ring substituents is 1. The maximum Gasteiger partial charge on any atom is 0.341 e. The van der Waals surface area contributed by atoms with E-state index in [0.29, 0.717) is 17.1 Å². The minimum Gasteiger partial charge on any atom is -0.452 e. The molecule has 0 bridgehead atoms. The first-order chi connectivity index (χ1) is 15.0. The summed E-state index contributed by atoms with van der Waals surface area (Å²) in [5.41, 5.74) is 1.60. The van der Waals surface area contributed by atoms with E-state index in [9.17, 15) is 14.9 Å². The number of nitrogens with zero attached hydrogens (tertiary/aromatic N) is 5. The van der Waals surface area contributed by atoms with Crippen molar-refractivity contribution in [3.8, 4) is 11.5 Å². The highest BCUT2D eigenvalue weighted by molar-refractivity contribution is 6.31. The lowest BCUT2D eigenvalue weighted by Gasteiger charge is -2.03. The number of carbonyl (C=O) groups is 1. The van der Waals surface area contributed by atoms with E-state index in [0.717, 1.165) is 5.56 Å². The van der Waals surface area contributed by atoms with Gasteiger partial charge in [-0.05, 0) is 23.8 Å². The predicted molar refractivity (Wildman–Crippen MR) is 108 cm³/mol. The van der Waals surface area contributed by atoms with E-state index in [4.69, 9.17) is 20.8 Å². The minimum atomic E-state index is -0.597. The summed E-state index contributed by atoms with van der Waals surface area (Å²) in [5.74, 6) is -0.348. The van der Waals surface area contributed by atoms with Gasteiger partial charge < -0.3 is 9.15 Å². The molecule has 0 unspecified atom stereocenters. The van der Waals surface area contributed by atoms with Gasteiger partial charge >= 0.3 is 5.97 Å². The van der Waals surface area contributed by atoms with Crippen LogP contribution < -0.4 is 0 Å². The van der Waals surface area contributed by atoms with Crippen LogP contribution in [0.3, 0.4) is 0 Å². The smallest absolute Gasteiger partial charge is 0.341 e. The highest BCUT2D eigenvalue weighted by Gasteiger charge is 2.15. The molecule has 0 amide bonds. The van der Waals surface area contributed by atoms with Crippen LogP contribution in [-0.2, 0) is 17.9 Å². The second-order valence-corrected chi connectivity index (χ2v) is 6.81. The fraction of sp³-hybridized carbons (Fsp3) is 0.100. The van der Waals surface area contributed by atoms with Crippen LogP contribution in [0.15, 0.2) is 65.3 Å². The van der Waals surface area contributed by atoms with Gasteiger partial charge in [0.2, 0.25) is 5.89 Å². The molecule has 0 aliphatic heterocycles. The molecule has 2 heterocycles. The summed E-state index contributed by atoms with van der Waals surface area (Å²) in [6, 6.07) is 13.0. The maximum atomic E-state index is 12.3. The van der Waals surface area contributed by atoms with Crippen molar-refractivity contribution in [3.63, 3.8) is 0 Å². The van der Waals surface area contributed by atoms with Gasteiger partial charge in [-0.2, -0.15) is 5.10 Å². The molecular weight excluding hydrogens is 426 g/mol. The van der Waals surface area contributed by atoms with E-state index < -0.39 is 10.9 Å². The van der Waals surface area contributed by atoms with Crippen LogP contribution in [0.2, 0.25) is 5.02 Å². The molecular formula is C20H14ClN5O5. The van der Waals surface area contributed by atoms with E-state index in [1.807, 2.05) is 18.2 Å². The van der Waals surface area contributed by atoms with Crippen molar-refractivity contribution in [1.82, 2.24) is 20.0 Å². The third-order valence-corrected chi connectivity index (χ3v) is 4.65. The summed E-state index contributed by atoms with van der Waals surface area (Å²) in [7, 11) is 0. The third-order valence-electron chi connectivity index (χ3n) is 4.28. The lowest BCUT2D eigenvalue weighted by Crippen LogP contribution is -2.05. The van der Waals surface area contributed by atoms with Crippen molar-refractivity contribution in [2.45, 2.75) is 13.2 Å². The third kappa shape index (κ3) is 4.75. The Kier molecular flexibility index (Phi) is 5.72. The molecule has 0 aliphatic rings. The fourth-order valence-electron chi connectivity index (χ4n) is 2.72. The normalized spacial score (nSPS) is 10.7. The molecule has 0 fully saturated rings. The molecule has 4 rings (SSSR count). The summed E-state index contributed by atoms with van der Waals surface area (Å²) in [5, 5.41) is 23.2. The monoisotopic (exact) mass is 439 g/mol. The van der Waals surface area contributed by atoms with E-state index in [1.54, 1.807) is 16.9 Å². The topological polar surface area (TPSA) is 126 Å². The number of rotatable bonds is 7. The van der Waals surface area contributed by atoms with E-state index in [1.165, 1.54) is 30.5 Å². The minimum absolute atomic E-state index is 0.0486. The van der Waals surface area contributed by atoms with Gasteiger partial charge in [0.15, 0.2) is 6.61 Å². The van der Waals surface area contributed by atoms with Crippen LogP contribution in [0.25, 0.3) is 11.5 Å². The first kappa shape index (κ1) is 20.2. The van der Waals surface area contributed by atoms with Crippen molar-refractivity contribution in [1.29, 1.82) is 0 Å². The zero-order valence-electron chi connectivity index (χ0n) is 15.8. The van der Waals surface area contributed by atoms with Crippen LogP contribution in [0.5, 0.6) is 0 Å². The van der Waals surface area contributed by atoms with Crippen LogP contribution in [0.1, 0.15) is 21.8 Å². The lowest BCUT2D eigenvalue weighted by molar-refractivity contribution is -0.384. The van der Waals surface area contributed by atoms with Crippen LogP contribution in [0.4, 0.5) is 5.69 Å². The average Bonchev–Trinajstić information content (AvgIpc) is 3.44. The highest BCUT2D eigenvalue weighted by atomic mass is 35.5. The molecule has 0 saturated carbocycles. The van der Waals surface area contributed by atoms with Crippen molar-refractivity contribution in [2.75, 3.05) is 0 Å². The number of non-ortho nitro benzene ring substituents is 1. The van der Waals surface area contributed by atoms with Crippen molar-refractivity contribution in [3.05, 3.63) is 93.1 Å². The molecule has 2 aromatic heterocycles. The molecule has 10 nitrogen and oxygen atoms in total. The Bertz CT molecular complexity index is 1230. The fourth-order valence-corrected chi connectivity index (χ4v) is 2.92. The molecule has 0 aliphatic carbocycles. The molecule has 11 heteroatoms. The summed E-state index contributed by atoms with van der Waals surface area (Å²) < 4.78 is 12.2. The van der Waals surface area contributed by atoms with E-state index >= 15 is 0 Å². The summed E-state index contributed by atoms with van der Waals surface area (Å²) in [4.78, 5) is 22.5. The number of esters is 1. The second-order valence-electron chi connectivity index (χ2n) is 6.40. The number of halogens is 1. The molecule has 2 aromatic carbocycles. The highest BCUT2D eigenvalue weighted by Crippen LogP contribution is 2.21. The molecule has 4 aromatic rings. The SMILES string of the molecule is O=C(OCc1nnc(-c2ccc([N+](=O)[O-])cc2)o1)c1cnn(Cc2ccccc2Cl)c1. The Balaban J connectivity index is 1.36. The predicted octanol–water partition coefficient (Wildman–Crippen LogP) is 3.90. The Morgan fingerprint density at radius 2 is 1.94 bits per heavy atom. The number of aromatic nitrogens is 4. The Labute approximate surface area is 180 Å². The van der Waals surface area contributed by atoms with E-state index in [-0.39, 0.29) is 29.6 Å². The van der Waals surface area contributed by atoms with Crippen LogP contribution in [-0.4, -0.2) is 30.9 Å². The Hall–Kier alpha value is -4.05. The van der Waals surface area contributed by atoms with Crippen LogP contribution in [0, 0.1) is 10.1 Å². The number of hydrogen-bond donors (Lipinski definition) is 0. The summed E-state index contributed by atoms with van der Waals surface area (Å²) >= 11 is 6.14. The van der Waals surface area contributed by atoms with Gasteiger partial charge in [-0.3, -0.25) is 14.8 Å². The largest absolute Gasteiger partial charge is 0.452 e. The van der Waals surface area contributed by atoms with Crippen molar-refractivity contribution >= 4 is 23.3 Å². The maximum absolute atomic E-state index is 12.3. The standard InChI is InChI=1S/C20H14ClN5O5/c21-17-4-2-1-3-14(17)10-25-11-15(9-22-25)20(27)30-12-18-23-24-19(31-18)13-5-7-16(8-6-13)26(28)29/h1-9,11H,10,12H2. The second kappa shape index (κ2) is 8.76. The molecule has 0 N–H and O–H groups in total. The number of carbonyl (C=O) groups excluding carboxylic acids is 1. The van der Waals surface area contributed by atoms with E-state index in [2.05, 4.69) is 15.3 Å². The molecule has 156 valence electrons. The zero-order valence-corrected chi connectivity index (χ0v) is 16.6. The lowest BCUT2D eigenvalue weighted by atomic mass is 10.2. The molecule has 0 saturated heterocycles. The quantitative estimate of drug-likeness (QED) is 0.241. The number of benzene rings is 2. The van der Waals surface area contributed by atoms with Gasteiger partial charge in [0.05, 0.1) is 23.2 Å². The number of ether oxygens (including phenoxy) is 1. The first-order valence-corrected chi connectivity index (χ1v) is 9.37. The van der Waals surface area contributed by atoms with Gasteiger partial charge in [0.1, 0.15) is 0 Å². The van der Waals surface area contributed by atoms with Gasteiger partial charge in [-0.15, -0.1) is 10.2 Å². The van der Waals surface area contributed by atoms with Crippen molar-refractivity contribution in [2.24, 2.45) is 0 Å². The molecule has 31 heavy (non-hydrogen) atoms. The summed E-state index contributed by atoms with van der Waals surface area (Å²) in [6.45, 7) is 0.184. The number of hydrogen-bond acceptors (Lipinski definition) is 8. The van der Waals surface area contributed by atoms with Crippen LogP contribution >= 0.6 is 11.6 Å². The molecule has 0 atom stereocenters. The van der Waals surface area contributed by atoms with Gasteiger partial charge in [0, 0.05) is 28.9 Å². The van der Waals surface area contributed by atoms with Gasteiger partial charge in [-0.25, -0.2) is 4.79 Å². The summed E-state index contributed by atoms with van der Waals surface area (Å²) in [6.07, 6.45) is 2.96. The average molecular weight is 440 g/mol. The first-order valence-electron chi connectivity index (χ1n) is 9.00. The Morgan fingerprint density at radius 3 is 2.68 bits per heavy atom. The zero-order chi connectivity index (χ0) is 21.8. The molecule has 0 spiro atoms. The van der Waals surface area contributed by atoms with Gasteiger partial charge in [-0.1, -0.05) is 29.8 Å².